The number of methoxy groups -OCH3 is 1. The van der Waals surface area contributed by atoms with Gasteiger partial charge in [0.15, 0.2) is 0 Å². The van der Waals surface area contributed by atoms with Crippen LogP contribution in [0.25, 0.3) is 0 Å². The SMILES string of the molecule is COC(=O)CN(c1ncc(C#N)cc1[N+](=O)[O-])C(C)C. The molecule has 106 valence electrons. The molecule has 0 N–H and O–H groups in total. The topological polar surface area (TPSA) is 109 Å². The maximum absolute atomic E-state index is 11.4. The zero-order chi connectivity index (χ0) is 15.3. The number of nitro groups is 1. The summed E-state index contributed by atoms with van der Waals surface area (Å²) in [5.41, 5.74) is -0.233. The first kappa shape index (κ1) is 15.4. The van der Waals surface area contributed by atoms with E-state index in [4.69, 9.17) is 5.26 Å². The van der Waals surface area contributed by atoms with Crippen molar-refractivity contribution in [2.24, 2.45) is 0 Å². The van der Waals surface area contributed by atoms with Gasteiger partial charge in [-0.2, -0.15) is 5.26 Å². The second-order valence-corrected chi connectivity index (χ2v) is 4.23. The summed E-state index contributed by atoms with van der Waals surface area (Å²) in [5.74, 6) is -0.492. The van der Waals surface area contributed by atoms with Gasteiger partial charge in [0.2, 0.25) is 5.82 Å². The van der Waals surface area contributed by atoms with Crippen molar-refractivity contribution in [3.05, 3.63) is 27.9 Å². The molecule has 8 heteroatoms. The minimum absolute atomic E-state index is 0.0365. The Balaban J connectivity index is 3.29. The normalized spacial score (nSPS) is 9.95. The standard InChI is InChI=1S/C12H14N4O4/c1-8(2)15(7-11(17)20-3)12-10(16(18)19)4-9(5-13)6-14-12/h4,6,8H,7H2,1-3H3. The monoisotopic (exact) mass is 278 g/mol. The number of nitrogens with zero attached hydrogens (tertiary/aromatic N) is 4. The Hall–Kier alpha value is -2.69. The Morgan fingerprint density at radius 2 is 2.30 bits per heavy atom. The van der Waals surface area contributed by atoms with Crippen LogP contribution in [0.4, 0.5) is 11.5 Å². The van der Waals surface area contributed by atoms with Crippen LogP contribution < -0.4 is 4.90 Å². The summed E-state index contributed by atoms with van der Waals surface area (Å²) in [6.45, 7) is 3.38. The van der Waals surface area contributed by atoms with Gasteiger partial charge in [0.25, 0.3) is 0 Å². The first-order valence-corrected chi connectivity index (χ1v) is 5.78. The molecule has 0 radical (unpaired) electrons. The maximum Gasteiger partial charge on any atom is 0.325 e. The minimum atomic E-state index is -0.629. The molecule has 0 aliphatic heterocycles. The number of carbonyl (C=O) groups is 1. The van der Waals surface area contributed by atoms with E-state index in [0.29, 0.717) is 0 Å². The average Bonchev–Trinajstić information content (AvgIpc) is 2.43. The molecule has 8 nitrogen and oxygen atoms in total. The number of anilines is 1. The number of esters is 1. The number of ether oxygens (including phenoxy) is 1. The molecule has 0 saturated carbocycles. The van der Waals surface area contributed by atoms with E-state index in [-0.39, 0.29) is 29.7 Å². The van der Waals surface area contributed by atoms with Crippen LogP contribution in [-0.4, -0.2) is 35.6 Å². The molecule has 20 heavy (non-hydrogen) atoms. The number of carbonyl (C=O) groups excluding carboxylic acids is 1. The lowest BCUT2D eigenvalue weighted by Gasteiger charge is -2.26. The van der Waals surface area contributed by atoms with Crippen molar-refractivity contribution in [1.29, 1.82) is 5.26 Å². The van der Waals surface area contributed by atoms with Crippen molar-refractivity contribution >= 4 is 17.5 Å². The summed E-state index contributed by atoms with van der Waals surface area (Å²) >= 11 is 0. The lowest BCUT2D eigenvalue weighted by molar-refractivity contribution is -0.384. The van der Waals surface area contributed by atoms with Crippen LogP contribution >= 0.6 is 0 Å². The molecular formula is C12H14N4O4. The number of nitriles is 1. The second kappa shape index (κ2) is 6.47. The van der Waals surface area contributed by atoms with E-state index in [1.165, 1.54) is 18.2 Å². The van der Waals surface area contributed by atoms with E-state index in [0.717, 1.165) is 6.07 Å². The number of hydrogen-bond acceptors (Lipinski definition) is 7. The molecule has 0 bridgehead atoms. The van der Waals surface area contributed by atoms with Gasteiger partial charge in [0.1, 0.15) is 12.6 Å². The molecule has 0 saturated heterocycles. The zero-order valence-electron chi connectivity index (χ0n) is 11.4. The number of aromatic nitrogens is 1. The van der Waals surface area contributed by atoms with Gasteiger partial charge in [0, 0.05) is 18.3 Å². The molecule has 0 fully saturated rings. The predicted octanol–water partition coefficient (Wildman–Crippen LogP) is 1.25. The molecule has 0 aliphatic carbocycles. The molecule has 1 heterocycles. The molecule has 1 aromatic heterocycles. The van der Waals surface area contributed by atoms with Gasteiger partial charge in [-0.1, -0.05) is 0 Å². The number of hydrogen-bond donors (Lipinski definition) is 0. The lowest BCUT2D eigenvalue weighted by atomic mass is 10.2. The Labute approximate surface area is 115 Å². The molecule has 1 aromatic rings. The molecular weight excluding hydrogens is 264 g/mol. The van der Waals surface area contributed by atoms with Crippen LogP contribution in [0.3, 0.4) is 0 Å². The van der Waals surface area contributed by atoms with Crippen molar-refractivity contribution in [1.82, 2.24) is 4.98 Å². The summed E-state index contributed by atoms with van der Waals surface area (Å²) < 4.78 is 4.57. The predicted molar refractivity (Wildman–Crippen MR) is 70.1 cm³/mol. The van der Waals surface area contributed by atoms with Crippen LogP contribution in [0.5, 0.6) is 0 Å². The van der Waals surface area contributed by atoms with E-state index in [9.17, 15) is 14.9 Å². The molecule has 0 aromatic carbocycles. The van der Waals surface area contributed by atoms with E-state index >= 15 is 0 Å². The zero-order valence-corrected chi connectivity index (χ0v) is 11.4. The van der Waals surface area contributed by atoms with Crippen LogP contribution in [-0.2, 0) is 9.53 Å². The van der Waals surface area contributed by atoms with Crippen LogP contribution in [0.15, 0.2) is 12.3 Å². The fraction of sp³-hybridized carbons (Fsp3) is 0.417. The third-order valence-electron chi connectivity index (χ3n) is 2.60. The molecule has 0 atom stereocenters. The molecule has 0 spiro atoms. The molecule has 0 amide bonds. The van der Waals surface area contributed by atoms with Gasteiger partial charge in [0.05, 0.1) is 17.6 Å². The number of pyridine rings is 1. The summed E-state index contributed by atoms with van der Waals surface area (Å²) in [7, 11) is 1.24. The fourth-order valence-corrected chi connectivity index (χ4v) is 1.57. The molecule has 0 aliphatic rings. The highest BCUT2D eigenvalue weighted by Crippen LogP contribution is 2.27. The van der Waals surface area contributed by atoms with Crippen molar-refractivity contribution < 1.29 is 14.5 Å². The van der Waals surface area contributed by atoms with E-state index < -0.39 is 10.9 Å². The van der Waals surface area contributed by atoms with E-state index in [1.54, 1.807) is 19.9 Å². The van der Waals surface area contributed by atoms with Gasteiger partial charge >= 0.3 is 11.7 Å². The maximum atomic E-state index is 11.4. The van der Waals surface area contributed by atoms with Gasteiger partial charge in [-0.15, -0.1) is 0 Å². The van der Waals surface area contributed by atoms with E-state index in [2.05, 4.69) is 9.72 Å². The van der Waals surface area contributed by atoms with Crippen LogP contribution in [0, 0.1) is 21.4 Å². The fourth-order valence-electron chi connectivity index (χ4n) is 1.57. The second-order valence-electron chi connectivity index (χ2n) is 4.23. The van der Waals surface area contributed by atoms with Crippen LogP contribution in [0.1, 0.15) is 19.4 Å². The third-order valence-corrected chi connectivity index (χ3v) is 2.60. The lowest BCUT2D eigenvalue weighted by Crippen LogP contribution is -2.37. The number of rotatable bonds is 5. The van der Waals surface area contributed by atoms with Crippen molar-refractivity contribution in [2.75, 3.05) is 18.6 Å². The van der Waals surface area contributed by atoms with Crippen molar-refractivity contribution in [2.45, 2.75) is 19.9 Å². The summed E-state index contributed by atoms with van der Waals surface area (Å²) in [5, 5.41) is 19.9. The van der Waals surface area contributed by atoms with Gasteiger partial charge in [-0.25, -0.2) is 4.98 Å². The van der Waals surface area contributed by atoms with Gasteiger partial charge in [-0.3, -0.25) is 14.9 Å². The third kappa shape index (κ3) is 3.41. The quantitative estimate of drug-likeness (QED) is 0.453. The van der Waals surface area contributed by atoms with Gasteiger partial charge < -0.3 is 9.64 Å². The Morgan fingerprint density at radius 3 is 2.75 bits per heavy atom. The van der Waals surface area contributed by atoms with Crippen LogP contribution in [0.2, 0.25) is 0 Å². The average molecular weight is 278 g/mol. The Morgan fingerprint density at radius 1 is 1.65 bits per heavy atom. The Kier molecular flexibility index (Phi) is 4.97. The van der Waals surface area contributed by atoms with Crippen molar-refractivity contribution in [3.8, 4) is 6.07 Å². The van der Waals surface area contributed by atoms with Crippen molar-refractivity contribution in [3.63, 3.8) is 0 Å². The summed E-state index contributed by atoms with van der Waals surface area (Å²) in [6, 6.07) is 2.73. The highest BCUT2D eigenvalue weighted by atomic mass is 16.6. The first-order valence-electron chi connectivity index (χ1n) is 5.78. The highest BCUT2D eigenvalue weighted by molar-refractivity contribution is 5.77. The Bertz CT molecular complexity index is 565. The molecule has 0 unspecified atom stereocenters. The summed E-state index contributed by atoms with van der Waals surface area (Å²) in [6.07, 6.45) is 1.23. The highest BCUT2D eigenvalue weighted by Gasteiger charge is 2.25. The van der Waals surface area contributed by atoms with Gasteiger partial charge in [-0.05, 0) is 13.8 Å². The largest absolute Gasteiger partial charge is 0.468 e. The smallest absolute Gasteiger partial charge is 0.325 e. The molecule has 1 rings (SSSR count). The minimum Gasteiger partial charge on any atom is -0.468 e. The summed E-state index contributed by atoms with van der Waals surface area (Å²) in [4.78, 5) is 27.2. The van der Waals surface area contributed by atoms with E-state index in [1.807, 2.05) is 0 Å². The first-order chi connectivity index (χ1) is 9.40.